The Morgan fingerprint density at radius 2 is 2.15 bits per heavy atom. The fourth-order valence-corrected chi connectivity index (χ4v) is 2.87. The van der Waals surface area contributed by atoms with Gasteiger partial charge in [0.1, 0.15) is 0 Å². The van der Waals surface area contributed by atoms with E-state index in [1.54, 1.807) is 0 Å². The first-order valence-corrected chi connectivity index (χ1v) is 6.76. The van der Waals surface area contributed by atoms with E-state index in [9.17, 15) is 22.9 Å². The molecule has 0 amide bonds. The summed E-state index contributed by atoms with van der Waals surface area (Å²) in [5, 5.41) is 16.6. The molecule has 8 nitrogen and oxygen atoms in total. The van der Waals surface area contributed by atoms with E-state index in [0.717, 1.165) is 6.07 Å². The van der Waals surface area contributed by atoms with Crippen molar-refractivity contribution in [3.8, 4) is 0 Å². The van der Waals surface area contributed by atoms with Gasteiger partial charge in [-0.05, 0) is 18.6 Å². The molecule has 1 heterocycles. The molecule has 0 fully saturated rings. The van der Waals surface area contributed by atoms with Crippen molar-refractivity contribution in [2.75, 3.05) is 4.72 Å². The van der Waals surface area contributed by atoms with Crippen molar-refractivity contribution in [1.82, 2.24) is 10.2 Å². The van der Waals surface area contributed by atoms with Crippen molar-refractivity contribution in [3.05, 3.63) is 46.0 Å². The number of hydrogen-bond donors (Lipinski definition) is 2. The first-order valence-electron chi connectivity index (χ1n) is 5.27. The van der Waals surface area contributed by atoms with E-state index in [2.05, 4.69) is 14.9 Å². The minimum atomic E-state index is -4.07. The van der Waals surface area contributed by atoms with Gasteiger partial charge in [-0.3, -0.25) is 19.9 Å². The second-order valence-electron chi connectivity index (χ2n) is 3.92. The summed E-state index contributed by atoms with van der Waals surface area (Å²) in [6, 6.07) is 1.50. The Balaban J connectivity index is 2.51. The predicted octanol–water partition coefficient (Wildman–Crippen LogP) is 1.57. The molecule has 0 aliphatic heterocycles. The molecule has 2 rings (SSSR count). The van der Waals surface area contributed by atoms with Gasteiger partial charge in [-0.15, -0.1) is 0 Å². The highest BCUT2D eigenvalue weighted by atomic mass is 32.2. The van der Waals surface area contributed by atoms with Gasteiger partial charge in [-0.1, -0.05) is 0 Å². The molecule has 2 aromatic rings. The molecule has 0 saturated heterocycles. The van der Waals surface area contributed by atoms with Crippen LogP contribution in [-0.2, 0) is 10.0 Å². The largest absolute Gasteiger partial charge is 0.306 e. The van der Waals surface area contributed by atoms with Crippen LogP contribution in [0.3, 0.4) is 0 Å². The number of benzene rings is 1. The van der Waals surface area contributed by atoms with Crippen LogP contribution in [0.25, 0.3) is 0 Å². The fourth-order valence-electron chi connectivity index (χ4n) is 1.59. The number of nitro benzene ring substituents is 1. The van der Waals surface area contributed by atoms with Crippen LogP contribution in [0.15, 0.2) is 29.4 Å². The van der Waals surface area contributed by atoms with Gasteiger partial charge in [0.25, 0.3) is 10.0 Å². The van der Waals surface area contributed by atoms with Gasteiger partial charge < -0.3 is 0 Å². The van der Waals surface area contributed by atoms with Crippen molar-refractivity contribution in [3.63, 3.8) is 0 Å². The lowest BCUT2D eigenvalue weighted by Crippen LogP contribution is -2.14. The summed E-state index contributed by atoms with van der Waals surface area (Å²) >= 11 is 0. The van der Waals surface area contributed by atoms with Gasteiger partial charge in [0.15, 0.2) is 0 Å². The van der Waals surface area contributed by atoms with E-state index < -0.39 is 26.5 Å². The third-order valence-electron chi connectivity index (χ3n) is 2.48. The van der Waals surface area contributed by atoms with Crippen LogP contribution >= 0.6 is 0 Å². The molecule has 10 heteroatoms. The second-order valence-corrected chi connectivity index (χ2v) is 5.57. The molecule has 0 bridgehead atoms. The van der Waals surface area contributed by atoms with Crippen LogP contribution in [0.5, 0.6) is 0 Å². The van der Waals surface area contributed by atoms with Gasteiger partial charge in [0.2, 0.25) is 5.82 Å². The molecule has 20 heavy (non-hydrogen) atoms. The van der Waals surface area contributed by atoms with Crippen molar-refractivity contribution >= 4 is 21.4 Å². The lowest BCUT2D eigenvalue weighted by Gasteiger charge is -2.08. The summed E-state index contributed by atoms with van der Waals surface area (Å²) in [5.41, 5.74) is -0.677. The number of sulfonamides is 1. The molecule has 0 atom stereocenters. The molecule has 1 aromatic carbocycles. The minimum Gasteiger partial charge on any atom is -0.284 e. The van der Waals surface area contributed by atoms with Gasteiger partial charge in [0.05, 0.1) is 21.7 Å². The number of hydrogen-bond acceptors (Lipinski definition) is 5. The SMILES string of the molecule is Cc1cc(F)c([N+](=O)[O-])cc1S(=O)(=O)Nc1cn[nH]c1. The third-order valence-corrected chi connectivity index (χ3v) is 4.00. The molecule has 0 saturated carbocycles. The van der Waals surface area contributed by atoms with E-state index in [0.29, 0.717) is 6.07 Å². The summed E-state index contributed by atoms with van der Waals surface area (Å²) in [6.07, 6.45) is 2.52. The number of aromatic nitrogens is 2. The molecule has 0 radical (unpaired) electrons. The molecule has 0 aliphatic carbocycles. The predicted molar refractivity (Wildman–Crippen MR) is 67.2 cm³/mol. The van der Waals surface area contributed by atoms with E-state index in [1.807, 2.05) is 0 Å². The number of nitro groups is 1. The number of anilines is 1. The van der Waals surface area contributed by atoms with E-state index in [1.165, 1.54) is 19.3 Å². The Morgan fingerprint density at radius 1 is 1.45 bits per heavy atom. The highest BCUT2D eigenvalue weighted by molar-refractivity contribution is 7.92. The van der Waals surface area contributed by atoms with Crippen molar-refractivity contribution in [2.45, 2.75) is 11.8 Å². The maximum Gasteiger partial charge on any atom is 0.306 e. The van der Waals surface area contributed by atoms with Crippen LogP contribution < -0.4 is 4.72 Å². The smallest absolute Gasteiger partial charge is 0.284 e. The Hall–Kier alpha value is -2.49. The van der Waals surface area contributed by atoms with Gasteiger partial charge >= 0.3 is 5.69 Å². The van der Waals surface area contributed by atoms with Crippen molar-refractivity contribution < 1.29 is 17.7 Å². The van der Waals surface area contributed by atoms with E-state index >= 15 is 0 Å². The summed E-state index contributed by atoms with van der Waals surface area (Å²) in [4.78, 5) is 9.32. The molecular weight excluding hydrogens is 291 g/mol. The minimum absolute atomic E-state index is 0.0593. The first kappa shape index (κ1) is 13.9. The normalized spacial score (nSPS) is 11.3. The third kappa shape index (κ3) is 2.59. The lowest BCUT2D eigenvalue weighted by atomic mass is 10.2. The van der Waals surface area contributed by atoms with Crippen molar-refractivity contribution in [1.29, 1.82) is 0 Å². The maximum atomic E-state index is 13.4. The van der Waals surface area contributed by atoms with Crippen LogP contribution in [-0.4, -0.2) is 23.5 Å². The van der Waals surface area contributed by atoms with E-state index in [4.69, 9.17) is 0 Å². The fraction of sp³-hybridized carbons (Fsp3) is 0.100. The number of nitrogens with one attached hydrogen (secondary N) is 2. The molecule has 0 spiro atoms. The molecule has 0 aliphatic rings. The molecular formula is C10H9FN4O4S. The molecule has 106 valence electrons. The quantitative estimate of drug-likeness (QED) is 0.656. The summed E-state index contributed by atoms with van der Waals surface area (Å²) in [5.74, 6) is -1.09. The first-order chi connectivity index (χ1) is 9.31. The monoisotopic (exact) mass is 300 g/mol. The summed E-state index contributed by atoms with van der Waals surface area (Å²) in [6.45, 7) is 1.34. The zero-order valence-corrected chi connectivity index (χ0v) is 10.9. The lowest BCUT2D eigenvalue weighted by molar-refractivity contribution is -0.387. The Morgan fingerprint density at radius 3 is 2.70 bits per heavy atom. The Labute approximate surface area is 112 Å². The van der Waals surface area contributed by atoms with Crippen molar-refractivity contribution in [2.24, 2.45) is 0 Å². The number of rotatable bonds is 4. The Bertz CT molecular complexity index is 758. The summed E-state index contributed by atoms with van der Waals surface area (Å²) < 4.78 is 39.8. The Kier molecular flexibility index (Phi) is 3.40. The van der Waals surface area contributed by atoms with Gasteiger partial charge in [-0.2, -0.15) is 9.49 Å². The van der Waals surface area contributed by atoms with E-state index in [-0.39, 0.29) is 16.1 Å². The van der Waals surface area contributed by atoms with Gasteiger partial charge in [0, 0.05) is 12.3 Å². The standard InChI is InChI=1S/C10H9FN4O4S/c1-6-2-8(11)9(15(16)17)3-10(6)20(18,19)14-7-4-12-13-5-7/h2-5,14H,1H3,(H,12,13). The average Bonchev–Trinajstić information content (AvgIpc) is 2.79. The number of aryl methyl sites for hydroxylation is 1. The topological polar surface area (TPSA) is 118 Å². The zero-order chi connectivity index (χ0) is 14.9. The number of nitrogens with zero attached hydrogens (tertiary/aromatic N) is 2. The highest BCUT2D eigenvalue weighted by Gasteiger charge is 2.24. The van der Waals surface area contributed by atoms with Crippen LogP contribution in [0.2, 0.25) is 0 Å². The number of H-pyrrole nitrogens is 1. The van der Waals surface area contributed by atoms with Gasteiger partial charge in [-0.25, -0.2) is 8.42 Å². The molecule has 2 N–H and O–H groups in total. The zero-order valence-electron chi connectivity index (χ0n) is 10.1. The number of halogens is 1. The molecule has 1 aromatic heterocycles. The van der Waals surface area contributed by atoms with Crippen LogP contribution in [0.4, 0.5) is 15.8 Å². The second kappa shape index (κ2) is 4.89. The molecule has 0 unspecified atom stereocenters. The van der Waals surface area contributed by atoms with Crippen LogP contribution in [0, 0.1) is 22.9 Å². The number of aromatic amines is 1. The summed E-state index contributed by atoms with van der Waals surface area (Å²) in [7, 11) is -4.07. The maximum absolute atomic E-state index is 13.4. The van der Waals surface area contributed by atoms with Crippen LogP contribution in [0.1, 0.15) is 5.56 Å². The average molecular weight is 300 g/mol. The highest BCUT2D eigenvalue weighted by Crippen LogP contribution is 2.26.